The Kier molecular flexibility index (Phi) is 3.65. The normalized spacial score (nSPS) is 11.2. The number of carbonyl (C=O) groups is 1. The molecule has 0 saturated carbocycles. The van der Waals surface area contributed by atoms with E-state index in [1.54, 1.807) is 30.6 Å². The van der Waals surface area contributed by atoms with E-state index in [2.05, 4.69) is 37.5 Å². The number of aromatic amines is 1. The molecule has 0 aliphatic rings. The van der Waals surface area contributed by atoms with Crippen LogP contribution in [0.25, 0.3) is 33.1 Å². The van der Waals surface area contributed by atoms with E-state index in [0.29, 0.717) is 17.0 Å². The second-order valence-corrected chi connectivity index (χ2v) is 6.56. The number of carbonyl (C=O) groups excluding carboxylic acids is 1. The van der Waals surface area contributed by atoms with Gasteiger partial charge in [0.2, 0.25) is 0 Å². The van der Waals surface area contributed by atoms with Crippen molar-refractivity contribution in [3.8, 4) is 11.1 Å². The van der Waals surface area contributed by atoms with Crippen LogP contribution in [0.5, 0.6) is 0 Å². The molecule has 5 rings (SSSR count). The third kappa shape index (κ3) is 2.79. The minimum Gasteiger partial charge on any atom is -0.345 e. The van der Waals surface area contributed by atoms with Crippen molar-refractivity contribution in [2.24, 2.45) is 7.05 Å². The number of nitrogens with one attached hydrogen (secondary N) is 2. The number of nitrogens with zero attached hydrogens (tertiary/aromatic N) is 4. The lowest BCUT2D eigenvalue weighted by Gasteiger charge is -2.05. The van der Waals surface area contributed by atoms with Gasteiger partial charge in [-0.2, -0.15) is 5.10 Å². The molecule has 0 atom stereocenters. The van der Waals surface area contributed by atoms with Gasteiger partial charge in [0.15, 0.2) is 0 Å². The average molecular weight is 368 g/mol. The molecule has 0 saturated heterocycles. The summed E-state index contributed by atoms with van der Waals surface area (Å²) in [5.74, 6) is 0.272. The van der Waals surface area contributed by atoms with E-state index in [1.165, 1.54) is 0 Å². The van der Waals surface area contributed by atoms with Gasteiger partial charge in [0, 0.05) is 53.7 Å². The monoisotopic (exact) mass is 368 g/mol. The molecule has 28 heavy (non-hydrogen) atoms. The molecule has 0 unspecified atom stereocenters. The fraction of sp³-hybridized carbons (Fsp3) is 0.0476. The van der Waals surface area contributed by atoms with Gasteiger partial charge >= 0.3 is 0 Å². The first-order valence-corrected chi connectivity index (χ1v) is 8.81. The van der Waals surface area contributed by atoms with Crippen LogP contribution in [0.4, 0.5) is 5.82 Å². The Labute approximate surface area is 160 Å². The van der Waals surface area contributed by atoms with Gasteiger partial charge in [0.05, 0.1) is 5.52 Å². The van der Waals surface area contributed by atoms with E-state index in [4.69, 9.17) is 0 Å². The molecule has 4 heterocycles. The van der Waals surface area contributed by atoms with Crippen LogP contribution >= 0.6 is 0 Å². The lowest BCUT2D eigenvalue weighted by molar-refractivity contribution is 0.102. The Morgan fingerprint density at radius 3 is 2.82 bits per heavy atom. The molecule has 5 aromatic rings. The lowest BCUT2D eigenvalue weighted by Crippen LogP contribution is -2.12. The molecule has 4 aromatic heterocycles. The van der Waals surface area contributed by atoms with Crippen LogP contribution in [0, 0.1) is 0 Å². The van der Waals surface area contributed by atoms with Crippen molar-refractivity contribution >= 4 is 33.7 Å². The van der Waals surface area contributed by atoms with E-state index in [0.717, 1.165) is 27.4 Å². The minimum atomic E-state index is -0.219. The van der Waals surface area contributed by atoms with Crippen LogP contribution in [-0.4, -0.2) is 30.6 Å². The van der Waals surface area contributed by atoms with E-state index in [9.17, 15) is 4.79 Å². The summed E-state index contributed by atoms with van der Waals surface area (Å²) in [6.45, 7) is 0. The molecule has 1 amide bonds. The van der Waals surface area contributed by atoms with Crippen LogP contribution in [-0.2, 0) is 7.05 Å². The first-order chi connectivity index (χ1) is 13.7. The topological polar surface area (TPSA) is 88.5 Å². The van der Waals surface area contributed by atoms with Crippen LogP contribution in [0.2, 0.25) is 0 Å². The van der Waals surface area contributed by atoms with Crippen molar-refractivity contribution in [1.82, 2.24) is 24.7 Å². The molecule has 0 radical (unpaired) electrons. The van der Waals surface area contributed by atoms with Crippen molar-refractivity contribution in [1.29, 1.82) is 0 Å². The quantitative estimate of drug-likeness (QED) is 0.507. The maximum Gasteiger partial charge on any atom is 0.256 e. The van der Waals surface area contributed by atoms with Crippen molar-refractivity contribution in [2.75, 3.05) is 5.32 Å². The fourth-order valence-electron chi connectivity index (χ4n) is 3.32. The Bertz CT molecular complexity index is 1320. The first kappa shape index (κ1) is 16.2. The third-order valence-corrected chi connectivity index (χ3v) is 4.65. The highest BCUT2D eigenvalue weighted by atomic mass is 16.1. The summed E-state index contributed by atoms with van der Waals surface area (Å²) in [7, 11) is 1.91. The predicted molar refractivity (Wildman–Crippen MR) is 108 cm³/mol. The number of hydrogen-bond donors (Lipinski definition) is 2. The van der Waals surface area contributed by atoms with Gasteiger partial charge in [-0.25, -0.2) is 4.98 Å². The van der Waals surface area contributed by atoms with Gasteiger partial charge in [0.1, 0.15) is 11.5 Å². The lowest BCUT2D eigenvalue weighted by atomic mass is 10.0. The van der Waals surface area contributed by atoms with Gasteiger partial charge < -0.3 is 10.3 Å². The fourth-order valence-corrected chi connectivity index (χ4v) is 3.32. The van der Waals surface area contributed by atoms with Crippen LogP contribution in [0.15, 0.2) is 67.3 Å². The zero-order valence-electron chi connectivity index (χ0n) is 15.0. The zero-order chi connectivity index (χ0) is 19.1. The number of hydrogen-bond acceptors (Lipinski definition) is 4. The maximum atomic E-state index is 12.3. The number of aromatic nitrogens is 5. The van der Waals surface area contributed by atoms with Gasteiger partial charge in [-0.3, -0.25) is 14.5 Å². The van der Waals surface area contributed by atoms with Crippen molar-refractivity contribution < 1.29 is 4.79 Å². The SMILES string of the molecule is Cn1cc2cc(-c3c[nH]c4nc(NC(=O)c5ccncc5)ccc34)ccc2n1. The van der Waals surface area contributed by atoms with Gasteiger partial charge in [0.25, 0.3) is 5.91 Å². The molecule has 0 aliphatic carbocycles. The number of fused-ring (bicyclic) bond motifs is 2. The average Bonchev–Trinajstić information content (AvgIpc) is 3.30. The van der Waals surface area contributed by atoms with E-state index < -0.39 is 0 Å². The standard InChI is InChI=1S/C21H16N6O/c1-27-12-15-10-14(2-4-18(15)26-27)17-11-23-20-16(17)3-5-19(24-20)25-21(28)13-6-8-22-9-7-13/h2-12H,1H3,(H2,23,24,25,28). The number of anilines is 1. The zero-order valence-corrected chi connectivity index (χ0v) is 15.0. The van der Waals surface area contributed by atoms with Crippen molar-refractivity contribution in [2.45, 2.75) is 0 Å². The second-order valence-electron chi connectivity index (χ2n) is 6.56. The Hall–Kier alpha value is -4.00. The summed E-state index contributed by atoms with van der Waals surface area (Å²) in [4.78, 5) is 24.0. The number of pyridine rings is 2. The number of rotatable bonds is 3. The summed E-state index contributed by atoms with van der Waals surface area (Å²) in [5, 5.41) is 9.31. The Morgan fingerprint density at radius 1 is 1.11 bits per heavy atom. The Balaban J connectivity index is 1.48. The van der Waals surface area contributed by atoms with E-state index in [1.807, 2.05) is 36.3 Å². The molecule has 2 N–H and O–H groups in total. The summed E-state index contributed by atoms with van der Waals surface area (Å²) in [5.41, 5.74) is 4.36. The van der Waals surface area contributed by atoms with Crippen molar-refractivity contribution in [3.05, 3.63) is 72.8 Å². The maximum absolute atomic E-state index is 12.3. The van der Waals surface area contributed by atoms with Gasteiger partial charge in [-0.05, 0) is 42.0 Å². The molecule has 0 fully saturated rings. The molecule has 1 aromatic carbocycles. The molecular formula is C21H16N6O. The highest BCUT2D eigenvalue weighted by Crippen LogP contribution is 2.30. The van der Waals surface area contributed by atoms with Crippen LogP contribution < -0.4 is 5.32 Å². The number of H-pyrrole nitrogens is 1. The summed E-state index contributed by atoms with van der Waals surface area (Å²) >= 11 is 0. The molecular weight excluding hydrogens is 352 g/mol. The van der Waals surface area contributed by atoms with Crippen LogP contribution in [0.3, 0.4) is 0 Å². The number of amides is 1. The minimum absolute atomic E-state index is 0.219. The third-order valence-electron chi connectivity index (χ3n) is 4.65. The molecule has 0 aliphatic heterocycles. The summed E-state index contributed by atoms with van der Waals surface area (Å²) in [6.07, 6.45) is 7.10. The van der Waals surface area contributed by atoms with Gasteiger partial charge in [-0.1, -0.05) is 6.07 Å². The molecule has 0 spiro atoms. The van der Waals surface area contributed by atoms with Crippen molar-refractivity contribution in [3.63, 3.8) is 0 Å². The smallest absolute Gasteiger partial charge is 0.256 e. The Morgan fingerprint density at radius 2 is 1.96 bits per heavy atom. The summed E-state index contributed by atoms with van der Waals surface area (Å²) in [6, 6.07) is 13.3. The van der Waals surface area contributed by atoms with E-state index >= 15 is 0 Å². The molecule has 0 bridgehead atoms. The highest BCUT2D eigenvalue weighted by molar-refractivity contribution is 6.04. The number of aryl methyl sites for hydroxylation is 1. The largest absolute Gasteiger partial charge is 0.345 e. The molecule has 7 nitrogen and oxygen atoms in total. The molecule has 7 heteroatoms. The second kappa shape index (κ2) is 6.31. The van der Waals surface area contributed by atoms with Gasteiger partial charge in [-0.15, -0.1) is 0 Å². The van der Waals surface area contributed by atoms with Crippen LogP contribution in [0.1, 0.15) is 10.4 Å². The first-order valence-electron chi connectivity index (χ1n) is 8.81. The molecule has 136 valence electrons. The predicted octanol–water partition coefficient (Wildman–Crippen LogP) is 3.76. The highest BCUT2D eigenvalue weighted by Gasteiger charge is 2.11. The number of benzene rings is 1. The summed E-state index contributed by atoms with van der Waals surface area (Å²) < 4.78 is 1.81. The van der Waals surface area contributed by atoms with E-state index in [-0.39, 0.29) is 5.91 Å².